The predicted octanol–water partition coefficient (Wildman–Crippen LogP) is 11.2. The molecule has 9 rings (SSSR count). The molecule has 0 fully saturated rings. The van der Waals surface area contributed by atoms with Crippen molar-refractivity contribution >= 4 is 10.9 Å². The molecule has 0 aliphatic carbocycles. The lowest BCUT2D eigenvalue weighted by atomic mass is 9.95. The van der Waals surface area contributed by atoms with Gasteiger partial charge in [0.15, 0.2) is 17.5 Å². The molecule has 0 saturated heterocycles. The van der Waals surface area contributed by atoms with E-state index in [1.165, 1.54) is 16.5 Å². The minimum Gasteiger partial charge on any atom is -0.316 e. The first-order valence-electron chi connectivity index (χ1n) is 17.0. The summed E-state index contributed by atoms with van der Waals surface area (Å²) in [7, 11) is 0. The number of para-hydroxylation sites is 1. The molecule has 6 aromatic carbocycles. The summed E-state index contributed by atoms with van der Waals surface area (Å²) in [6.07, 6.45) is 5.90. The maximum atomic E-state index is 4.95. The van der Waals surface area contributed by atoms with E-state index in [1.807, 2.05) is 85.2 Å². The molecule has 240 valence electrons. The van der Waals surface area contributed by atoms with Crippen LogP contribution in [0.25, 0.3) is 84.1 Å². The van der Waals surface area contributed by atoms with E-state index in [-0.39, 0.29) is 0 Å². The van der Waals surface area contributed by atoms with Gasteiger partial charge in [0.25, 0.3) is 0 Å². The van der Waals surface area contributed by atoms with Gasteiger partial charge in [-0.2, -0.15) is 0 Å². The Morgan fingerprint density at radius 2 is 0.784 bits per heavy atom. The van der Waals surface area contributed by atoms with E-state index < -0.39 is 0 Å². The third-order valence-corrected chi connectivity index (χ3v) is 9.18. The van der Waals surface area contributed by atoms with Gasteiger partial charge in [0.1, 0.15) is 0 Å². The Labute approximate surface area is 296 Å². The first-order valence-corrected chi connectivity index (χ1v) is 17.0. The van der Waals surface area contributed by atoms with Crippen molar-refractivity contribution < 1.29 is 0 Å². The lowest BCUT2D eigenvalue weighted by molar-refractivity contribution is 1.07. The fraction of sp³-hybridized carbons (Fsp3) is 0. The number of nitrogens with zero attached hydrogens (tertiary/aromatic N) is 5. The molecule has 0 amide bonds. The van der Waals surface area contributed by atoms with E-state index in [4.69, 9.17) is 15.0 Å². The van der Waals surface area contributed by atoms with Crippen LogP contribution in [-0.2, 0) is 0 Å². The normalized spacial score (nSPS) is 11.1. The molecule has 51 heavy (non-hydrogen) atoms. The molecular weight excluding hydrogens is 623 g/mol. The Bertz CT molecular complexity index is 2570. The number of aromatic nitrogens is 5. The first-order chi connectivity index (χ1) is 25.3. The predicted molar refractivity (Wildman–Crippen MR) is 207 cm³/mol. The van der Waals surface area contributed by atoms with E-state index in [9.17, 15) is 0 Å². The van der Waals surface area contributed by atoms with Gasteiger partial charge < -0.3 is 4.57 Å². The van der Waals surface area contributed by atoms with Crippen molar-refractivity contribution in [1.82, 2.24) is 24.5 Å². The zero-order valence-corrected chi connectivity index (χ0v) is 27.6. The maximum absolute atomic E-state index is 4.95. The van der Waals surface area contributed by atoms with E-state index in [1.54, 1.807) is 0 Å². The Kier molecular flexibility index (Phi) is 7.76. The van der Waals surface area contributed by atoms with Gasteiger partial charge in [-0.25, -0.2) is 15.0 Å². The molecule has 0 saturated carbocycles. The molecule has 0 radical (unpaired) electrons. The molecule has 3 aromatic heterocycles. The third-order valence-electron chi connectivity index (χ3n) is 9.18. The number of fused-ring (bicyclic) bond motifs is 1. The number of benzene rings is 6. The van der Waals surface area contributed by atoms with Crippen LogP contribution in [0.1, 0.15) is 0 Å². The molecule has 0 unspecified atom stereocenters. The van der Waals surface area contributed by atoms with Crippen molar-refractivity contribution in [3.8, 4) is 73.2 Å². The molecule has 9 aromatic rings. The van der Waals surface area contributed by atoms with Crippen LogP contribution in [0.4, 0.5) is 0 Å². The monoisotopic (exact) mass is 653 g/mol. The van der Waals surface area contributed by atoms with E-state index >= 15 is 0 Å². The van der Waals surface area contributed by atoms with Crippen LogP contribution in [0.2, 0.25) is 0 Å². The van der Waals surface area contributed by atoms with Crippen LogP contribution in [-0.4, -0.2) is 24.5 Å². The summed E-state index contributed by atoms with van der Waals surface area (Å²) in [5, 5.41) is 1.21. The van der Waals surface area contributed by atoms with Gasteiger partial charge >= 0.3 is 0 Å². The summed E-state index contributed by atoms with van der Waals surface area (Å²) in [4.78, 5) is 19.0. The Hall–Kier alpha value is -6.98. The van der Waals surface area contributed by atoms with Crippen LogP contribution in [0, 0.1) is 0 Å². The average molecular weight is 654 g/mol. The van der Waals surface area contributed by atoms with Crippen molar-refractivity contribution in [2.24, 2.45) is 0 Å². The van der Waals surface area contributed by atoms with Crippen LogP contribution in [0.3, 0.4) is 0 Å². The number of pyridine rings is 1. The largest absolute Gasteiger partial charge is 0.316 e. The Balaban J connectivity index is 1.08. The van der Waals surface area contributed by atoms with Crippen molar-refractivity contribution in [2.45, 2.75) is 0 Å². The van der Waals surface area contributed by atoms with Gasteiger partial charge in [0.2, 0.25) is 0 Å². The third kappa shape index (κ3) is 5.98. The SMILES string of the molecule is c1ccc(-c2nc(-c3ccccc3)nc(-c3cccc(-c4cccc(-c5cccc(-c6cn(-c7ccncc7)c7ccccc67)c5)c4)c3)n2)cc1. The van der Waals surface area contributed by atoms with Crippen molar-refractivity contribution in [3.63, 3.8) is 0 Å². The second kappa shape index (κ2) is 13.1. The minimum atomic E-state index is 0.638. The van der Waals surface area contributed by atoms with Crippen molar-refractivity contribution in [1.29, 1.82) is 0 Å². The molecule has 0 N–H and O–H groups in total. The van der Waals surface area contributed by atoms with Gasteiger partial charge in [-0.15, -0.1) is 0 Å². The van der Waals surface area contributed by atoms with Crippen LogP contribution in [0.15, 0.2) is 188 Å². The highest BCUT2D eigenvalue weighted by Crippen LogP contribution is 2.36. The molecule has 0 aliphatic heterocycles. The lowest BCUT2D eigenvalue weighted by Crippen LogP contribution is -2.00. The van der Waals surface area contributed by atoms with Gasteiger partial charge in [-0.3, -0.25) is 4.98 Å². The Morgan fingerprint density at radius 3 is 1.37 bits per heavy atom. The highest BCUT2D eigenvalue weighted by molar-refractivity contribution is 5.98. The minimum absolute atomic E-state index is 0.638. The first kappa shape index (κ1) is 30.1. The molecule has 0 spiro atoms. The second-order valence-corrected chi connectivity index (χ2v) is 12.4. The summed E-state index contributed by atoms with van der Waals surface area (Å²) in [6.45, 7) is 0. The fourth-order valence-electron chi connectivity index (χ4n) is 6.65. The molecule has 0 atom stereocenters. The van der Waals surface area contributed by atoms with Crippen LogP contribution in [0.5, 0.6) is 0 Å². The maximum Gasteiger partial charge on any atom is 0.164 e. The summed E-state index contributed by atoms with van der Waals surface area (Å²) in [5.74, 6) is 1.94. The summed E-state index contributed by atoms with van der Waals surface area (Å²) < 4.78 is 2.24. The zero-order chi connectivity index (χ0) is 34.0. The van der Waals surface area contributed by atoms with Crippen molar-refractivity contribution in [3.05, 3.63) is 188 Å². The molecule has 5 nitrogen and oxygen atoms in total. The molecular formula is C46H31N5. The molecule has 0 aliphatic rings. The van der Waals surface area contributed by atoms with Crippen molar-refractivity contribution in [2.75, 3.05) is 0 Å². The second-order valence-electron chi connectivity index (χ2n) is 12.4. The summed E-state index contributed by atoms with van der Waals surface area (Å²) in [5.41, 5.74) is 12.0. The van der Waals surface area contributed by atoms with E-state index in [0.717, 1.165) is 50.1 Å². The molecule has 0 bridgehead atoms. The fourth-order valence-corrected chi connectivity index (χ4v) is 6.65. The summed E-state index contributed by atoms with van der Waals surface area (Å²) in [6, 6.07) is 58.8. The standard InChI is InChI=1S/C46H31N5/c1-3-12-32(13-4-1)44-48-45(33-14-5-2-6-15-33)50-46(49-44)39-21-11-19-37(30-39)35-17-9-16-34(28-35)36-18-10-20-38(29-36)42-31-51(40-24-26-47-27-25-40)43-23-8-7-22-41(42)43/h1-31H. The highest BCUT2D eigenvalue weighted by atomic mass is 15.0. The van der Waals surface area contributed by atoms with Gasteiger partial charge in [0, 0.05) is 51.9 Å². The number of hydrogen-bond acceptors (Lipinski definition) is 4. The van der Waals surface area contributed by atoms with Gasteiger partial charge in [-0.05, 0) is 64.2 Å². The van der Waals surface area contributed by atoms with Crippen LogP contribution < -0.4 is 0 Å². The van der Waals surface area contributed by atoms with Gasteiger partial charge in [0.05, 0.1) is 5.52 Å². The quantitative estimate of drug-likeness (QED) is 0.172. The summed E-state index contributed by atoms with van der Waals surface area (Å²) >= 11 is 0. The van der Waals surface area contributed by atoms with Gasteiger partial charge in [-0.1, -0.05) is 133 Å². The number of rotatable bonds is 7. The molecule has 5 heteroatoms. The Morgan fingerprint density at radius 1 is 0.353 bits per heavy atom. The average Bonchev–Trinajstić information content (AvgIpc) is 3.62. The highest BCUT2D eigenvalue weighted by Gasteiger charge is 2.15. The number of hydrogen-bond donors (Lipinski definition) is 0. The van der Waals surface area contributed by atoms with Crippen LogP contribution >= 0.6 is 0 Å². The lowest BCUT2D eigenvalue weighted by Gasteiger charge is -2.11. The topological polar surface area (TPSA) is 56.5 Å². The smallest absolute Gasteiger partial charge is 0.164 e. The van der Waals surface area contributed by atoms with E-state index in [2.05, 4.69) is 113 Å². The zero-order valence-electron chi connectivity index (χ0n) is 27.6. The van der Waals surface area contributed by atoms with E-state index in [0.29, 0.717) is 17.5 Å². The molecule has 3 heterocycles.